The molecule has 0 bridgehead atoms. The molecule has 2 heterocycles. The Labute approximate surface area is 112 Å². The van der Waals surface area contributed by atoms with Gasteiger partial charge in [0.05, 0.1) is 11.4 Å². The molecule has 19 heavy (non-hydrogen) atoms. The van der Waals surface area contributed by atoms with Crippen molar-refractivity contribution in [2.45, 2.75) is 40.5 Å². The van der Waals surface area contributed by atoms with Crippen LogP contribution >= 0.6 is 0 Å². The average molecular weight is 255 g/mol. The van der Waals surface area contributed by atoms with Crippen LogP contribution in [0.25, 0.3) is 5.82 Å². The van der Waals surface area contributed by atoms with E-state index in [1.165, 1.54) is 0 Å². The molecule has 0 saturated carbocycles. The molecule has 0 fully saturated rings. The minimum absolute atomic E-state index is 0.578. The first-order valence-corrected chi connectivity index (χ1v) is 6.43. The van der Waals surface area contributed by atoms with Gasteiger partial charge in [-0.05, 0) is 32.3 Å². The lowest BCUT2D eigenvalue weighted by molar-refractivity contribution is 0.820. The van der Waals surface area contributed by atoms with Gasteiger partial charge in [0.15, 0.2) is 5.82 Å². The highest BCUT2D eigenvalue weighted by Gasteiger charge is 2.17. The van der Waals surface area contributed by atoms with Crippen molar-refractivity contribution in [3.8, 4) is 11.9 Å². The van der Waals surface area contributed by atoms with E-state index in [4.69, 9.17) is 0 Å². The third-order valence-corrected chi connectivity index (χ3v) is 3.42. The van der Waals surface area contributed by atoms with Gasteiger partial charge in [0.25, 0.3) is 0 Å². The smallest absolute Gasteiger partial charge is 0.179 e. The van der Waals surface area contributed by atoms with Crippen LogP contribution < -0.4 is 0 Å². The predicted molar refractivity (Wildman–Crippen MR) is 72.1 cm³/mol. The highest BCUT2D eigenvalue weighted by atomic mass is 15.2. The van der Waals surface area contributed by atoms with Crippen LogP contribution in [0.15, 0.2) is 6.33 Å². The number of nitrogens with zero attached hydrogens (tertiary/aromatic N) is 5. The molecular formula is C14H17N5. The molecule has 0 amide bonds. The van der Waals surface area contributed by atoms with Crippen LogP contribution in [-0.4, -0.2) is 19.7 Å². The minimum atomic E-state index is 0.578. The van der Waals surface area contributed by atoms with Gasteiger partial charge >= 0.3 is 0 Å². The molecule has 0 saturated heterocycles. The average Bonchev–Trinajstić information content (AvgIpc) is 2.77. The molecule has 0 aliphatic rings. The van der Waals surface area contributed by atoms with Gasteiger partial charge in [-0.15, -0.1) is 5.10 Å². The van der Waals surface area contributed by atoms with Crippen LogP contribution in [0.4, 0.5) is 0 Å². The summed E-state index contributed by atoms with van der Waals surface area (Å²) in [5.41, 5.74) is 4.41. The molecule has 0 aliphatic heterocycles. The van der Waals surface area contributed by atoms with Gasteiger partial charge in [0.2, 0.25) is 0 Å². The van der Waals surface area contributed by atoms with Gasteiger partial charge < -0.3 is 0 Å². The van der Waals surface area contributed by atoms with Gasteiger partial charge in [-0.3, -0.25) is 4.57 Å². The molecule has 0 radical (unpaired) electrons. The first-order valence-electron chi connectivity index (χ1n) is 6.43. The van der Waals surface area contributed by atoms with Crippen LogP contribution in [0.5, 0.6) is 0 Å². The fourth-order valence-electron chi connectivity index (χ4n) is 2.16. The van der Waals surface area contributed by atoms with Crippen LogP contribution in [-0.2, 0) is 12.8 Å². The van der Waals surface area contributed by atoms with Crippen molar-refractivity contribution in [2.24, 2.45) is 0 Å². The van der Waals surface area contributed by atoms with Gasteiger partial charge in [-0.1, -0.05) is 13.8 Å². The molecule has 0 N–H and O–H groups in total. The van der Waals surface area contributed by atoms with Gasteiger partial charge in [-0.2, -0.15) is 10.4 Å². The zero-order valence-corrected chi connectivity index (χ0v) is 11.7. The lowest BCUT2D eigenvalue weighted by Crippen LogP contribution is -2.10. The maximum atomic E-state index is 9.46. The predicted octanol–water partition coefficient (Wildman–Crippen LogP) is 2.28. The van der Waals surface area contributed by atoms with Crippen molar-refractivity contribution < 1.29 is 0 Å². The SMILES string of the molecule is CCc1nnc(-n2cnc(C)c2C)c(C#N)c1CC. The molecule has 5 nitrogen and oxygen atoms in total. The van der Waals surface area contributed by atoms with E-state index in [1.54, 1.807) is 6.33 Å². The van der Waals surface area contributed by atoms with E-state index in [9.17, 15) is 5.26 Å². The summed E-state index contributed by atoms with van der Waals surface area (Å²) in [6, 6.07) is 2.27. The number of nitriles is 1. The maximum Gasteiger partial charge on any atom is 0.179 e. The van der Waals surface area contributed by atoms with Crippen molar-refractivity contribution in [3.63, 3.8) is 0 Å². The topological polar surface area (TPSA) is 67.4 Å². The number of aryl methyl sites for hydroxylation is 2. The van der Waals surface area contributed by atoms with Gasteiger partial charge in [0, 0.05) is 5.69 Å². The Morgan fingerprint density at radius 1 is 1.21 bits per heavy atom. The molecule has 0 spiro atoms. The third-order valence-electron chi connectivity index (χ3n) is 3.42. The van der Waals surface area contributed by atoms with Crippen molar-refractivity contribution in [1.82, 2.24) is 19.7 Å². The van der Waals surface area contributed by atoms with E-state index < -0.39 is 0 Å². The Kier molecular flexibility index (Phi) is 3.61. The van der Waals surface area contributed by atoms with E-state index >= 15 is 0 Å². The number of imidazole rings is 1. The Morgan fingerprint density at radius 2 is 1.95 bits per heavy atom. The van der Waals surface area contributed by atoms with Gasteiger partial charge in [0.1, 0.15) is 18.0 Å². The third kappa shape index (κ3) is 2.10. The second-order valence-corrected chi connectivity index (χ2v) is 4.43. The van der Waals surface area contributed by atoms with Crippen LogP contribution in [0, 0.1) is 25.2 Å². The number of hydrogen-bond donors (Lipinski definition) is 0. The van der Waals surface area contributed by atoms with E-state index in [1.807, 2.05) is 32.3 Å². The molecule has 0 aromatic carbocycles. The minimum Gasteiger partial charge on any atom is -0.285 e. The maximum absolute atomic E-state index is 9.46. The number of rotatable bonds is 3. The summed E-state index contributed by atoms with van der Waals surface area (Å²) in [5, 5.41) is 17.9. The summed E-state index contributed by atoms with van der Waals surface area (Å²) in [6.07, 6.45) is 3.26. The first-order chi connectivity index (χ1) is 9.13. The first kappa shape index (κ1) is 13.2. The second-order valence-electron chi connectivity index (χ2n) is 4.43. The van der Waals surface area contributed by atoms with Crippen LogP contribution in [0.1, 0.15) is 42.1 Å². The summed E-state index contributed by atoms with van der Waals surface area (Å²) in [6.45, 7) is 7.96. The molecule has 98 valence electrons. The zero-order valence-electron chi connectivity index (χ0n) is 11.7. The quantitative estimate of drug-likeness (QED) is 0.843. The Morgan fingerprint density at radius 3 is 2.42 bits per heavy atom. The molecule has 2 aromatic rings. The highest BCUT2D eigenvalue weighted by Crippen LogP contribution is 2.21. The molecular weight excluding hydrogens is 238 g/mol. The monoisotopic (exact) mass is 255 g/mol. The number of aromatic nitrogens is 4. The van der Waals surface area contributed by atoms with Crippen LogP contribution in [0.3, 0.4) is 0 Å². The fraction of sp³-hybridized carbons (Fsp3) is 0.429. The summed E-state index contributed by atoms with van der Waals surface area (Å²) in [4.78, 5) is 4.25. The van der Waals surface area contributed by atoms with E-state index in [0.717, 1.165) is 35.5 Å². The zero-order chi connectivity index (χ0) is 14.0. The van der Waals surface area contributed by atoms with Gasteiger partial charge in [-0.25, -0.2) is 4.98 Å². The highest BCUT2D eigenvalue weighted by molar-refractivity contribution is 5.50. The summed E-state index contributed by atoms with van der Waals surface area (Å²) in [7, 11) is 0. The summed E-state index contributed by atoms with van der Waals surface area (Å²) >= 11 is 0. The van der Waals surface area contributed by atoms with Crippen molar-refractivity contribution in [2.75, 3.05) is 0 Å². The summed E-state index contributed by atoms with van der Waals surface area (Å²) in [5.74, 6) is 0.578. The van der Waals surface area contributed by atoms with Crippen molar-refractivity contribution >= 4 is 0 Å². The van der Waals surface area contributed by atoms with E-state index in [0.29, 0.717) is 11.4 Å². The van der Waals surface area contributed by atoms with Crippen molar-refractivity contribution in [3.05, 3.63) is 34.5 Å². The van der Waals surface area contributed by atoms with Crippen molar-refractivity contribution in [1.29, 1.82) is 5.26 Å². The molecule has 5 heteroatoms. The Hall–Kier alpha value is -2.22. The molecule has 2 rings (SSSR count). The summed E-state index contributed by atoms with van der Waals surface area (Å²) < 4.78 is 1.83. The molecule has 2 aromatic heterocycles. The normalized spacial score (nSPS) is 10.5. The second kappa shape index (κ2) is 5.19. The number of hydrogen-bond acceptors (Lipinski definition) is 4. The standard InChI is InChI=1S/C14H17N5/c1-5-11-12(7-15)14(18-17-13(11)6-2)19-8-16-9(3)10(19)4/h8H,5-6H2,1-4H3. The lowest BCUT2D eigenvalue weighted by Gasteiger charge is -2.11. The molecule has 0 aliphatic carbocycles. The molecule has 0 atom stereocenters. The Bertz CT molecular complexity index is 649. The fourth-order valence-corrected chi connectivity index (χ4v) is 2.16. The van der Waals surface area contributed by atoms with Crippen LogP contribution in [0.2, 0.25) is 0 Å². The molecule has 0 unspecified atom stereocenters. The Balaban J connectivity index is 2.72. The van der Waals surface area contributed by atoms with E-state index in [-0.39, 0.29) is 0 Å². The largest absolute Gasteiger partial charge is 0.285 e. The lowest BCUT2D eigenvalue weighted by atomic mass is 10.0. The van der Waals surface area contributed by atoms with E-state index in [2.05, 4.69) is 21.3 Å².